The van der Waals surface area contributed by atoms with Gasteiger partial charge in [0.25, 0.3) is 0 Å². The van der Waals surface area contributed by atoms with Crippen LogP contribution in [0, 0.1) is 5.92 Å². The Balaban J connectivity index is 0.00000289. The van der Waals surface area contributed by atoms with Crippen molar-refractivity contribution in [2.45, 2.75) is 26.3 Å². The smallest absolute Gasteiger partial charge is 0.241 e. The van der Waals surface area contributed by atoms with E-state index in [1.54, 1.807) is 31.4 Å². The van der Waals surface area contributed by atoms with Crippen molar-refractivity contribution >= 4 is 24.0 Å². The van der Waals surface area contributed by atoms with Gasteiger partial charge in [0.15, 0.2) is 0 Å². The minimum Gasteiger partial charge on any atom is -0.497 e. The van der Waals surface area contributed by atoms with Crippen LogP contribution >= 0.6 is 12.4 Å². The van der Waals surface area contributed by atoms with Gasteiger partial charge in [-0.2, -0.15) is 0 Å². The van der Waals surface area contributed by atoms with Crippen LogP contribution < -0.4 is 15.8 Å². The van der Waals surface area contributed by atoms with E-state index >= 15 is 0 Å². The highest BCUT2D eigenvalue weighted by molar-refractivity contribution is 5.94. The van der Waals surface area contributed by atoms with E-state index in [2.05, 4.69) is 5.32 Å². The van der Waals surface area contributed by atoms with Gasteiger partial charge in [0.05, 0.1) is 13.2 Å². The lowest BCUT2D eigenvalue weighted by Gasteiger charge is -2.17. The zero-order chi connectivity index (χ0) is 12.8. The number of carbonyl (C=O) groups is 1. The number of methoxy groups -OCH3 is 1. The predicted octanol–water partition coefficient (Wildman–Crippen LogP) is 2.43. The van der Waals surface area contributed by atoms with Gasteiger partial charge in [-0.05, 0) is 30.2 Å². The number of nitrogens with two attached hydrogens (primary N) is 1. The highest BCUT2D eigenvalue weighted by Crippen LogP contribution is 2.16. The second kappa shape index (κ2) is 7.95. The second-order valence-electron chi connectivity index (χ2n) is 4.13. The minimum atomic E-state index is -0.470. The molecule has 102 valence electrons. The summed E-state index contributed by atoms with van der Waals surface area (Å²) in [5, 5.41) is 2.79. The number of hydrogen-bond donors (Lipinski definition) is 2. The van der Waals surface area contributed by atoms with E-state index in [0.717, 1.165) is 17.9 Å². The number of rotatable bonds is 5. The van der Waals surface area contributed by atoms with Crippen LogP contribution in [-0.2, 0) is 4.79 Å². The van der Waals surface area contributed by atoms with Crippen LogP contribution in [0.25, 0.3) is 0 Å². The van der Waals surface area contributed by atoms with Crippen LogP contribution in [0.15, 0.2) is 24.3 Å². The SMILES string of the molecule is CC[C@H](C)[C@H](N)C(=O)Nc1ccc(OC)cc1.Cl. The lowest BCUT2D eigenvalue weighted by atomic mass is 9.99. The Morgan fingerprint density at radius 2 is 1.94 bits per heavy atom. The van der Waals surface area contributed by atoms with Gasteiger partial charge in [0.1, 0.15) is 5.75 Å². The third-order valence-electron chi connectivity index (χ3n) is 2.92. The molecule has 0 fully saturated rings. The van der Waals surface area contributed by atoms with Crippen LogP contribution in [0.3, 0.4) is 0 Å². The van der Waals surface area contributed by atoms with E-state index in [0.29, 0.717) is 0 Å². The van der Waals surface area contributed by atoms with E-state index in [1.807, 2.05) is 13.8 Å². The molecule has 0 aliphatic rings. The number of amides is 1. The lowest BCUT2D eigenvalue weighted by Crippen LogP contribution is -2.40. The van der Waals surface area contributed by atoms with E-state index in [-0.39, 0.29) is 24.2 Å². The molecular formula is C13H21ClN2O2. The molecule has 0 aliphatic heterocycles. The fourth-order valence-corrected chi connectivity index (χ4v) is 1.41. The maximum absolute atomic E-state index is 11.8. The maximum Gasteiger partial charge on any atom is 0.241 e. The molecule has 2 atom stereocenters. The summed E-state index contributed by atoms with van der Waals surface area (Å²) in [5.41, 5.74) is 6.57. The summed E-state index contributed by atoms with van der Waals surface area (Å²) < 4.78 is 5.04. The molecule has 18 heavy (non-hydrogen) atoms. The lowest BCUT2D eigenvalue weighted by molar-refractivity contribution is -0.118. The molecule has 0 aliphatic carbocycles. The Hall–Kier alpha value is -1.26. The highest BCUT2D eigenvalue weighted by atomic mass is 35.5. The largest absolute Gasteiger partial charge is 0.497 e. The summed E-state index contributed by atoms with van der Waals surface area (Å²) in [4.78, 5) is 11.8. The molecule has 1 aromatic rings. The fourth-order valence-electron chi connectivity index (χ4n) is 1.41. The van der Waals surface area contributed by atoms with Gasteiger partial charge in [-0.3, -0.25) is 4.79 Å². The van der Waals surface area contributed by atoms with E-state index < -0.39 is 6.04 Å². The monoisotopic (exact) mass is 272 g/mol. The van der Waals surface area contributed by atoms with Crippen LogP contribution in [0.4, 0.5) is 5.69 Å². The molecule has 0 aromatic heterocycles. The van der Waals surface area contributed by atoms with Gasteiger partial charge in [-0.25, -0.2) is 0 Å². The van der Waals surface area contributed by atoms with E-state index in [1.165, 1.54) is 0 Å². The molecule has 0 saturated heterocycles. The van der Waals surface area contributed by atoms with E-state index in [9.17, 15) is 4.79 Å². The number of anilines is 1. The molecule has 1 aromatic carbocycles. The standard InChI is InChI=1S/C13H20N2O2.ClH/c1-4-9(2)12(14)13(16)15-10-5-7-11(17-3)8-6-10;/h5-9,12H,4,14H2,1-3H3,(H,15,16);1H/t9-,12-;/m0./s1. The zero-order valence-electron chi connectivity index (χ0n) is 11.0. The number of hydrogen-bond acceptors (Lipinski definition) is 3. The molecule has 0 spiro atoms. The Morgan fingerprint density at radius 1 is 1.39 bits per heavy atom. The molecule has 3 N–H and O–H groups in total. The molecule has 0 heterocycles. The summed E-state index contributed by atoms with van der Waals surface area (Å²) in [6.07, 6.45) is 0.886. The third kappa shape index (κ3) is 4.55. The van der Waals surface area contributed by atoms with Crippen molar-refractivity contribution in [2.24, 2.45) is 11.7 Å². The molecule has 0 bridgehead atoms. The van der Waals surface area contributed by atoms with Crippen LogP contribution in [-0.4, -0.2) is 19.1 Å². The molecule has 5 heteroatoms. The number of halogens is 1. The van der Waals surface area contributed by atoms with Crippen molar-refractivity contribution in [3.8, 4) is 5.75 Å². The Morgan fingerprint density at radius 3 is 2.39 bits per heavy atom. The number of nitrogens with one attached hydrogen (secondary N) is 1. The molecule has 1 amide bonds. The Bertz CT molecular complexity index is 368. The molecule has 1 rings (SSSR count). The van der Waals surface area contributed by atoms with Crippen molar-refractivity contribution in [1.82, 2.24) is 0 Å². The summed E-state index contributed by atoms with van der Waals surface area (Å²) in [6, 6.07) is 6.71. The van der Waals surface area contributed by atoms with Gasteiger partial charge in [0, 0.05) is 5.69 Å². The molecule has 4 nitrogen and oxygen atoms in total. The first kappa shape index (κ1) is 16.7. The summed E-state index contributed by atoms with van der Waals surface area (Å²) in [7, 11) is 1.60. The second-order valence-corrected chi connectivity index (χ2v) is 4.13. The quantitative estimate of drug-likeness (QED) is 0.865. The molecule has 0 radical (unpaired) electrons. The highest BCUT2D eigenvalue weighted by Gasteiger charge is 2.19. The van der Waals surface area contributed by atoms with Crippen molar-refractivity contribution < 1.29 is 9.53 Å². The van der Waals surface area contributed by atoms with Gasteiger partial charge in [-0.1, -0.05) is 20.3 Å². The summed E-state index contributed by atoms with van der Waals surface area (Å²) in [6.45, 7) is 3.99. The molecule has 0 saturated carbocycles. The number of ether oxygens (including phenoxy) is 1. The van der Waals surface area contributed by atoms with Crippen molar-refractivity contribution in [3.63, 3.8) is 0 Å². The molecular weight excluding hydrogens is 252 g/mol. The summed E-state index contributed by atoms with van der Waals surface area (Å²) >= 11 is 0. The van der Waals surface area contributed by atoms with Crippen LogP contribution in [0.5, 0.6) is 5.75 Å². The third-order valence-corrected chi connectivity index (χ3v) is 2.92. The van der Waals surface area contributed by atoms with Crippen molar-refractivity contribution in [2.75, 3.05) is 12.4 Å². The average molecular weight is 273 g/mol. The summed E-state index contributed by atoms with van der Waals surface area (Å²) in [5.74, 6) is 0.784. The first-order valence-corrected chi connectivity index (χ1v) is 5.79. The van der Waals surface area contributed by atoms with E-state index in [4.69, 9.17) is 10.5 Å². The Labute approximate surface area is 114 Å². The van der Waals surface area contributed by atoms with Gasteiger partial charge < -0.3 is 15.8 Å². The molecule has 0 unspecified atom stereocenters. The van der Waals surface area contributed by atoms with Gasteiger partial charge >= 0.3 is 0 Å². The Kier molecular flexibility index (Phi) is 7.39. The number of benzene rings is 1. The van der Waals surface area contributed by atoms with Crippen LogP contribution in [0.2, 0.25) is 0 Å². The van der Waals surface area contributed by atoms with Gasteiger partial charge in [-0.15, -0.1) is 12.4 Å². The first-order valence-electron chi connectivity index (χ1n) is 5.79. The first-order chi connectivity index (χ1) is 8.08. The predicted molar refractivity (Wildman–Crippen MR) is 76.3 cm³/mol. The number of carbonyl (C=O) groups excluding carboxylic acids is 1. The minimum absolute atomic E-state index is 0. The van der Waals surface area contributed by atoms with Gasteiger partial charge in [0.2, 0.25) is 5.91 Å². The topological polar surface area (TPSA) is 64.4 Å². The normalized spacial score (nSPS) is 13.1. The maximum atomic E-state index is 11.8. The van der Waals surface area contributed by atoms with Crippen LogP contribution in [0.1, 0.15) is 20.3 Å². The van der Waals surface area contributed by atoms with Crippen molar-refractivity contribution in [3.05, 3.63) is 24.3 Å². The average Bonchev–Trinajstić information content (AvgIpc) is 2.37. The fraction of sp³-hybridized carbons (Fsp3) is 0.462. The van der Waals surface area contributed by atoms with Crippen molar-refractivity contribution in [1.29, 1.82) is 0 Å². The zero-order valence-corrected chi connectivity index (χ0v) is 11.8.